The number of aryl methyl sites for hydroxylation is 1. The average molecular weight is 359 g/mol. The zero-order valence-corrected chi connectivity index (χ0v) is 13.5. The Bertz CT molecular complexity index is 682. The molecule has 0 fully saturated rings. The molecule has 2 aromatic rings. The summed E-state index contributed by atoms with van der Waals surface area (Å²) >= 11 is 9.59. The van der Waals surface area contributed by atoms with Gasteiger partial charge in [-0.05, 0) is 40.5 Å². The van der Waals surface area contributed by atoms with Gasteiger partial charge in [-0.2, -0.15) is 0 Å². The third kappa shape index (κ3) is 2.71. The molecule has 2 rings (SSSR count). The number of aromatic carboxylic acids is 1. The van der Waals surface area contributed by atoms with Gasteiger partial charge in [0.2, 0.25) is 0 Å². The van der Waals surface area contributed by atoms with E-state index in [0.717, 1.165) is 10.0 Å². The number of carbonyl (C=O) groups is 1. The molecule has 7 heteroatoms. The molecule has 5 nitrogen and oxygen atoms in total. The van der Waals surface area contributed by atoms with Gasteiger partial charge in [-0.1, -0.05) is 25.4 Å². The lowest BCUT2D eigenvalue weighted by Gasteiger charge is -2.11. The van der Waals surface area contributed by atoms with E-state index in [4.69, 9.17) is 16.7 Å². The molecule has 0 unspecified atom stereocenters. The number of carboxylic acid groups (broad SMARTS) is 1. The van der Waals surface area contributed by atoms with Gasteiger partial charge in [0.05, 0.1) is 5.69 Å². The Hall–Kier alpha value is -1.40. The van der Waals surface area contributed by atoms with Crippen molar-refractivity contribution in [2.75, 3.05) is 0 Å². The van der Waals surface area contributed by atoms with E-state index in [0.29, 0.717) is 16.5 Å². The van der Waals surface area contributed by atoms with E-state index in [-0.39, 0.29) is 11.7 Å². The Kier molecular flexibility index (Phi) is 4.15. The number of aromatic nitrogens is 3. The Balaban J connectivity index is 2.68. The molecule has 1 aromatic carbocycles. The molecule has 0 saturated carbocycles. The van der Waals surface area contributed by atoms with Gasteiger partial charge in [-0.3, -0.25) is 0 Å². The van der Waals surface area contributed by atoms with Crippen LogP contribution in [-0.4, -0.2) is 25.8 Å². The fourth-order valence-electron chi connectivity index (χ4n) is 1.76. The average Bonchev–Trinajstić information content (AvgIpc) is 2.78. The summed E-state index contributed by atoms with van der Waals surface area (Å²) in [5.74, 6) is -0.775. The smallest absolute Gasteiger partial charge is 0.375 e. The lowest BCUT2D eigenvalue weighted by molar-refractivity contribution is 0.0683. The Morgan fingerprint density at radius 2 is 2.10 bits per heavy atom. The summed E-state index contributed by atoms with van der Waals surface area (Å²) in [5.41, 5.74) is 1.59. The summed E-state index contributed by atoms with van der Waals surface area (Å²) in [4.78, 5) is 15.1. The molecule has 1 heterocycles. The number of nitrogens with zero attached hydrogens (tertiary/aromatic N) is 3. The first-order valence-corrected chi connectivity index (χ1v) is 7.14. The molecule has 0 aliphatic heterocycles. The minimum absolute atomic E-state index is 0.0302. The maximum Gasteiger partial charge on any atom is 0.375 e. The Morgan fingerprint density at radius 1 is 1.45 bits per heavy atom. The van der Waals surface area contributed by atoms with Crippen molar-refractivity contribution in [3.63, 3.8) is 0 Å². The number of hydrogen-bond donors (Lipinski definition) is 1. The highest BCUT2D eigenvalue weighted by molar-refractivity contribution is 9.10. The van der Waals surface area contributed by atoms with E-state index >= 15 is 0 Å². The molecule has 0 saturated heterocycles. The van der Waals surface area contributed by atoms with Gasteiger partial charge >= 0.3 is 5.97 Å². The van der Waals surface area contributed by atoms with E-state index in [9.17, 15) is 4.79 Å². The summed E-state index contributed by atoms with van der Waals surface area (Å²) < 4.78 is 2.30. The van der Waals surface area contributed by atoms with Crippen LogP contribution in [0.4, 0.5) is 0 Å². The summed E-state index contributed by atoms with van der Waals surface area (Å²) in [6.45, 7) is 5.75. The second kappa shape index (κ2) is 5.54. The monoisotopic (exact) mass is 357 g/mol. The molecule has 106 valence electrons. The molecule has 0 radical (unpaired) electrons. The van der Waals surface area contributed by atoms with Crippen molar-refractivity contribution in [1.29, 1.82) is 0 Å². The van der Waals surface area contributed by atoms with Crippen LogP contribution in [0, 0.1) is 6.92 Å². The van der Waals surface area contributed by atoms with Crippen LogP contribution < -0.4 is 0 Å². The lowest BCUT2D eigenvalue weighted by atomic mass is 10.2. The van der Waals surface area contributed by atoms with Crippen LogP contribution >= 0.6 is 27.5 Å². The maximum absolute atomic E-state index is 11.1. The number of benzene rings is 1. The fourth-order valence-corrected chi connectivity index (χ4v) is 2.55. The van der Waals surface area contributed by atoms with Gasteiger partial charge in [0.15, 0.2) is 0 Å². The number of rotatable bonds is 3. The number of halogens is 2. The van der Waals surface area contributed by atoms with Crippen molar-refractivity contribution < 1.29 is 9.90 Å². The number of carboxylic acids is 1. The fraction of sp³-hybridized carbons (Fsp3) is 0.308. The minimum atomic E-state index is -1.15. The second-order valence-corrected chi connectivity index (χ2v) is 5.98. The molecular weight excluding hydrogens is 346 g/mol. The maximum atomic E-state index is 11.1. The van der Waals surface area contributed by atoms with Crippen molar-refractivity contribution in [1.82, 2.24) is 14.8 Å². The van der Waals surface area contributed by atoms with E-state index in [1.54, 1.807) is 6.07 Å². The van der Waals surface area contributed by atoms with E-state index in [1.807, 2.05) is 26.8 Å². The SMILES string of the molecule is Cc1cc(Br)c(-n2nc(C(=O)O)nc2C(C)C)cc1Cl. The molecule has 1 aromatic heterocycles. The van der Waals surface area contributed by atoms with Gasteiger partial charge in [-0.15, -0.1) is 5.10 Å². The van der Waals surface area contributed by atoms with E-state index < -0.39 is 5.97 Å². The molecule has 1 N–H and O–H groups in total. The normalized spacial score (nSPS) is 11.1. The van der Waals surface area contributed by atoms with Crippen molar-refractivity contribution >= 4 is 33.5 Å². The van der Waals surface area contributed by atoms with Crippen molar-refractivity contribution in [3.05, 3.63) is 38.8 Å². The van der Waals surface area contributed by atoms with Gasteiger partial charge in [0.25, 0.3) is 5.82 Å². The van der Waals surface area contributed by atoms with Crippen LogP contribution in [0.1, 0.15) is 41.8 Å². The minimum Gasteiger partial charge on any atom is -0.475 e. The zero-order valence-electron chi connectivity index (χ0n) is 11.2. The summed E-state index contributed by atoms with van der Waals surface area (Å²) in [7, 11) is 0. The molecule has 0 bridgehead atoms. The van der Waals surface area contributed by atoms with Gasteiger partial charge < -0.3 is 5.11 Å². The molecule has 0 amide bonds. The first kappa shape index (κ1) is 15.0. The summed E-state index contributed by atoms with van der Waals surface area (Å²) in [6.07, 6.45) is 0. The summed E-state index contributed by atoms with van der Waals surface area (Å²) in [5, 5.41) is 13.7. The molecule has 0 atom stereocenters. The summed E-state index contributed by atoms with van der Waals surface area (Å²) in [6, 6.07) is 3.61. The first-order chi connectivity index (χ1) is 9.31. The number of hydrogen-bond acceptors (Lipinski definition) is 3. The molecule has 0 aliphatic carbocycles. The van der Waals surface area contributed by atoms with Crippen LogP contribution in [-0.2, 0) is 0 Å². The molecule has 0 aliphatic rings. The van der Waals surface area contributed by atoms with Crippen LogP contribution in [0.2, 0.25) is 5.02 Å². The largest absolute Gasteiger partial charge is 0.475 e. The lowest BCUT2D eigenvalue weighted by Crippen LogP contribution is -2.06. The highest BCUT2D eigenvalue weighted by Crippen LogP contribution is 2.29. The topological polar surface area (TPSA) is 68.0 Å². The standard InChI is InChI=1S/C13H13BrClN3O2/c1-6(2)12-16-11(13(19)20)17-18(12)10-5-9(15)7(3)4-8(10)14/h4-6H,1-3H3,(H,19,20). The highest BCUT2D eigenvalue weighted by atomic mass is 79.9. The van der Waals surface area contributed by atoms with Crippen LogP contribution in [0.3, 0.4) is 0 Å². The van der Waals surface area contributed by atoms with E-state index in [1.165, 1.54) is 4.68 Å². The first-order valence-electron chi connectivity index (χ1n) is 5.97. The van der Waals surface area contributed by atoms with Gasteiger partial charge in [0, 0.05) is 15.4 Å². The Morgan fingerprint density at radius 3 is 2.65 bits per heavy atom. The molecule has 20 heavy (non-hydrogen) atoms. The van der Waals surface area contributed by atoms with Crippen molar-refractivity contribution in [2.24, 2.45) is 0 Å². The van der Waals surface area contributed by atoms with Crippen LogP contribution in [0.25, 0.3) is 5.69 Å². The predicted molar refractivity (Wildman–Crippen MR) is 79.9 cm³/mol. The quantitative estimate of drug-likeness (QED) is 0.906. The van der Waals surface area contributed by atoms with Crippen molar-refractivity contribution in [2.45, 2.75) is 26.7 Å². The molecule has 0 spiro atoms. The highest BCUT2D eigenvalue weighted by Gasteiger charge is 2.20. The second-order valence-electron chi connectivity index (χ2n) is 4.72. The predicted octanol–water partition coefficient (Wildman–Crippen LogP) is 3.81. The molecular formula is C13H13BrClN3O2. The third-order valence-corrected chi connectivity index (χ3v) is 3.84. The zero-order chi connectivity index (χ0) is 15.0. The van der Waals surface area contributed by atoms with Gasteiger partial charge in [0.1, 0.15) is 5.82 Å². The van der Waals surface area contributed by atoms with Crippen molar-refractivity contribution in [3.8, 4) is 5.69 Å². The van der Waals surface area contributed by atoms with E-state index in [2.05, 4.69) is 26.0 Å². The van der Waals surface area contributed by atoms with Crippen LogP contribution in [0.15, 0.2) is 16.6 Å². The van der Waals surface area contributed by atoms with Crippen LogP contribution in [0.5, 0.6) is 0 Å². The Labute approximate surface area is 129 Å². The third-order valence-electron chi connectivity index (χ3n) is 2.80. The van der Waals surface area contributed by atoms with Gasteiger partial charge in [-0.25, -0.2) is 14.5 Å².